The van der Waals surface area contributed by atoms with Crippen LogP contribution in [0.3, 0.4) is 0 Å². The highest BCUT2D eigenvalue weighted by Gasteiger charge is 2.35. The highest BCUT2D eigenvalue weighted by molar-refractivity contribution is 9.10. The zero-order valence-corrected chi connectivity index (χ0v) is 11.7. The normalized spacial score (nSPS) is 22.7. The molecule has 0 saturated carbocycles. The average Bonchev–Trinajstić information content (AvgIpc) is 2.67. The van der Waals surface area contributed by atoms with Crippen LogP contribution in [-0.4, -0.2) is 36.4 Å². The van der Waals surface area contributed by atoms with Gasteiger partial charge in [0.05, 0.1) is 17.6 Å². The summed E-state index contributed by atoms with van der Waals surface area (Å²) >= 11 is 3.03. The molecule has 2 amide bonds. The first kappa shape index (κ1) is 14.2. The Morgan fingerprint density at radius 2 is 1.95 bits per heavy atom. The maximum Gasteiger partial charge on any atom is 0.322 e. The third-order valence-corrected chi connectivity index (χ3v) is 3.59. The molecule has 0 bridgehead atoms. The van der Waals surface area contributed by atoms with Crippen molar-refractivity contribution in [2.24, 2.45) is 0 Å². The summed E-state index contributed by atoms with van der Waals surface area (Å²) in [5.74, 6) is -0.519. The molecule has 1 aromatic rings. The van der Waals surface area contributed by atoms with E-state index in [0.29, 0.717) is 5.56 Å². The minimum absolute atomic E-state index is 0.281. The van der Waals surface area contributed by atoms with Crippen LogP contribution >= 0.6 is 15.9 Å². The third kappa shape index (κ3) is 3.02. The smallest absolute Gasteiger partial charge is 0.318 e. The molecule has 2 rings (SSSR count). The average molecular weight is 337 g/mol. The van der Waals surface area contributed by atoms with Crippen LogP contribution < -0.4 is 5.32 Å². The lowest BCUT2D eigenvalue weighted by Crippen LogP contribution is -2.33. The van der Waals surface area contributed by atoms with E-state index in [-0.39, 0.29) is 23.2 Å². The summed E-state index contributed by atoms with van der Waals surface area (Å²) in [5.41, 5.74) is 0.929. The van der Waals surface area contributed by atoms with Crippen molar-refractivity contribution in [2.45, 2.75) is 19.3 Å². The quantitative estimate of drug-likeness (QED) is 0.837. The largest absolute Gasteiger partial charge is 0.322 e. The van der Waals surface area contributed by atoms with E-state index in [4.69, 9.17) is 0 Å². The minimum atomic E-state index is -1.66. The van der Waals surface area contributed by atoms with Gasteiger partial charge in [-0.05, 0) is 40.5 Å². The van der Waals surface area contributed by atoms with Gasteiger partial charge in [-0.25, -0.2) is 18.0 Å². The van der Waals surface area contributed by atoms with Gasteiger partial charge in [0.15, 0.2) is 12.3 Å². The maximum atomic E-state index is 13.4. The predicted octanol–water partition coefficient (Wildman–Crippen LogP) is 3.42. The second-order valence-electron chi connectivity index (χ2n) is 4.45. The molecule has 2 atom stereocenters. The summed E-state index contributed by atoms with van der Waals surface area (Å²) in [6.45, 7) is 1.12. The van der Waals surface area contributed by atoms with Crippen molar-refractivity contribution in [3.8, 4) is 0 Å². The van der Waals surface area contributed by atoms with E-state index in [9.17, 15) is 18.0 Å². The Balaban J connectivity index is 2.09. The zero-order chi connectivity index (χ0) is 14.2. The molecule has 7 heteroatoms. The third-order valence-electron chi connectivity index (χ3n) is 2.98. The molecule has 3 nitrogen and oxygen atoms in total. The molecule has 104 valence electrons. The summed E-state index contributed by atoms with van der Waals surface area (Å²) in [7, 11) is 0. The monoisotopic (exact) mass is 336 g/mol. The fraction of sp³-hybridized carbons (Fsp3) is 0.417. The van der Waals surface area contributed by atoms with Gasteiger partial charge in [0.2, 0.25) is 0 Å². The van der Waals surface area contributed by atoms with Crippen LogP contribution in [0.5, 0.6) is 0 Å². The van der Waals surface area contributed by atoms with E-state index in [2.05, 4.69) is 21.2 Å². The molecular weight excluding hydrogens is 325 g/mol. The molecule has 1 aliphatic rings. The molecule has 0 radical (unpaired) electrons. The van der Waals surface area contributed by atoms with Crippen LogP contribution in [0, 0.1) is 12.7 Å². The molecule has 1 N–H and O–H groups in total. The van der Waals surface area contributed by atoms with Gasteiger partial charge in [-0.15, -0.1) is 0 Å². The second kappa shape index (κ2) is 5.40. The number of hydrogen-bond acceptors (Lipinski definition) is 1. The molecule has 0 unspecified atom stereocenters. The number of hydrogen-bond donors (Lipinski definition) is 1. The van der Waals surface area contributed by atoms with Gasteiger partial charge in [-0.1, -0.05) is 0 Å². The number of nitrogens with zero attached hydrogens (tertiary/aromatic N) is 1. The number of nitrogens with one attached hydrogen (secondary N) is 1. The highest BCUT2D eigenvalue weighted by Crippen LogP contribution is 2.25. The zero-order valence-electron chi connectivity index (χ0n) is 10.1. The van der Waals surface area contributed by atoms with E-state index in [0.717, 1.165) is 11.0 Å². The van der Waals surface area contributed by atoms with E-state index in [1.807, 2.05) is 0 Å². The highest BCUT2D eigenvalue weighted by atomic mass is 79.9. The summed E-state index contributed by atoms with van der Waals surface area (Å²) in [6, 6.07) is 2.05. The van der Waals surface area contributed by atoms with Gasteiger partial charge in [0.25, 0.3) is 0 Å². The van der Waals surface area contributed by atoms with E-state index in [1.165, 1.54) is 6.07 Å². The number of amides is 2. The standard InChI is InChI=1S/C12H12BrF3N2O/c1-6-2-7(13)8(14)3-11(6)17-12(19)18-4-9(15)10(16)5-18/h2-3,9-10H,4-5H2,1H3,(H,17,19)/t9-,10+. The molecule has 19 heavy (non-hydrogen) atoms. The van der Waals surface area contributed by atoms with Crippen molar-refractivity contribution in [2.75, 3.05) is 18.4 Å². The van der Waals surface area contributed by atoms with Crippen molar-refractivity contribution in [3.63, 3.8) is 0 Å². The maximum absolute atomic E-state index is 13.4. The summed E-state index contributed by atoms with van der Waals surface area (Å²) in [6.07, 6.45) is -3.32. The van der Waals surface area contributed by atoms with Crippen LogP contribution in [0.4, 0.5) is 23.7 Å². The van der Waals surface area contributed by atoms with Crippen molar-refractivity contribution in [1.29, 1.82) is 0 Å². The number of carbonyl (C=O) groups is 1. The van der Waals surface area contributed by atoms with Crippen LogP contribution in [-0.2, 0) is 0 Å². The van der Waals surface area contributed by atoms with Crippen molar-refractivity contribution >= 4 is 27.6 Å². The molecule has 0 aliphatic carbocycles. The number of halogens is 4. The van der Waals surface area contributed by atoms with Gasteiger partial charge in [-0.2, -0.15) is 0 Å². The Hall–Kier alpha value is -1.24. The molecule has 1 heterocycles. The second-order valence-corrected chi connectivity index (χ2v) is 5.30. The fourth-order valence-electron chi connectivity index (χ4n) is 1.87. The Bertz CT molecular complexity index is 502. The number of benzene rings is 1. The lowest BCUT2D eigenvalue weighted by molar-refractivity contribution is 0.217. The Kier molecular flexibility index (Phi) is 4.03. The number of rotatable bonds is 1. The molecular formula is C12H12BrF3N2O. The van der Waals surface area contributed by atoms with Gasteiger partial charge >= 0.3 is 6.03 Å². The van der Waals surface area contributed by atoms with Gasteiger partial charge in [-0.3, -0.25) is 0 Å². The van der Waals surface area contributed by atoms with Gasteiger partial charge in [0, 0.05) is 5.69 Å². The van der Waals surface area contributed by atoms with E-state index >= 15 is 0 Å². The minimum Gasteiger partial charge on any atom is -0.318 e. The van der Waals surface area contributed by atoms with Crippen LogP contribution in [0.1, 0.15) is 5.56 Å². The number of aryl methyl sites for hydroxylation is 1. The summed E-state index contributed by atoms with van der Waals surface area (Å²) in [5, 5.41) is 2.45. The van der Waals surface area contributed by atoms with Crippen molar-refractivity contribution in [1.82, 2.24) is 4.90 Å². The molecule has 1 saturated heterocycles. The summed E-state index contributed by atoms with van der Waals surface area (Å²) in [4.78, 5) is 12.8. The SMILES string of the molecule is Cc1cc(Br)c(F)cc1NC(=O)N1C[C@@H](F)[C@@H](F)C1. The first-order valence-corrected chi connectivity index (χ1v) is 6.47. The number of urea groups is 1. The number of carbonyl (C=O) groups excluding carboxylic acids is 1. The van der Waals surface area contributed by atoms with Crippen molar-refractivity contribution in [3.05, 3.63) is 28.0 Å². The number of alkyl halides is 2. The lowest BCUT2D eigenvalue weighted by atomic mass is 10.2. The molecule has 1 aromatic carbocycles. The Morgan fingerprint density at radius 3 is 2.53 bits per heavy atom. The van der Waals surface area contributed by atoms with Crippen LogP contribution in [0.25, 0.3) is 0 Å². The van der Waals surface area contributed by atoms with Crippen molar-refractivity contribution < 1.29 is 18.0 Å². The van der Waals surface area contributed by atoms with E-state index < -0.39 is 24.2 Å². The first-order chi connectivity index (χ1) is 8.88. The lowest BCUT2D eigenvalue weighted by Gasteiger charge is -2.17. The topological polar surface area (TPSA) is 32.3 Å². The Labute approximate surface area is 116 Å². The van der Waals surface area contributed by atoms with Gasteiger partial charge < -0.3 is 10.2 Å². The van der Waals surface area contributed by atoms with Gasteiger partial charge in [0.1, 0.15) is 5.82 Å². The fourth-order valence-corrected chi connectivity index (χ4v) is 2.32. The number of likely N-dealkylation sites (tertiary alicyclic amines) is 1. The number of anilines is 1. The molecule has 1 aliphatic heterocycles. The first-order valence-electron chi connectivity index (χ1n) is 5.68. The van der Waals surface area contributed by atoms with E-state index in [1.54, 1.807) is 6.92 Å². The Morgan fingerprint density at radius 1 is 1.37 bits per heavy atom. The summed E-state index contributed by atoms with van der Waals surface area (Å²) < 4.78 is 39.7. The predicted molar refractivity (Wildman–Crippen MR) is 69.2 cm³/mol. The molecule has 1 fully saturated rings. The molecule has 0 spiro atoms. The molecule has 0 aromatic heterocycles. The van der Waals surface area contributed by atoms with Crippen LogP contribution in [0.15, 0.2) is 16.6 Å². The van der Waals surface area contributed by atoms with Crippen LogP contribution in [0.2, 0.25) is 0 Å².